The molecule has 0 heterocycles. The van der Waals surface area contributed by atoms with E-state index in [-0.39, 0.29) is 0 Å². The lowest BCUT2D eigenvalue weighted by Crippen LogP contribution is -2.08. The summed E-state index contributed by atoms with van der Waals surface area (Å²) in [6.45, 7) is 2.22. The third-order valence-corrected chi connectivity index (χ3v) is 4.85. The van der Waals surface area contributed by atoms with Crippen LogP contribution in [0.15, 0.2) is 18.2 Å². The lowest BCUT2D eigenvalue weighted by Gasteiger charge is -2.22. The van der Waals surface area contributed by atoms with Crippen LogP contribution in [0.5, 0.6) is 0 Å². The van der Waals surface area contributed by atoms with Crippen LogP contribution in [-0.4, -0.2) is 0 Å². The lowest BCUT2D eigenvalue weighted by atomic mass is 9.83. The highest BCUT2D eigenvalue weighted by molar-refractivity contribution is 14.1. The molecule has 1 heteroatoms. The first kappa shape index (κ1) is 10.1. The molecule has 0 spiro atoms. The van der Waals surface area contributed by atoms with Gasteiger partial charge in [0.2, 0.25) is 0 Å². The van der Waals surface area contributed by atoms with Gasteiger partial charge in [0.1, 0.15) is 0 Å². The molecule has 1 aromatic rings. The van der Waals surface area contributed by atoms with Gasteiger partial charge >= 0.3 is 0 Å². The molecule has 3 atom stereocenters. The van der Waals surface area contributed by atoms with Gasteiger partial charge in [-0.3, -0.25) is 0 Å². The first-order chi connectivity index (χ1) is 7.22. The summed E-state index contributed by atoms with van der Waals surface area (Å²) in [7, 11) is 0. The number of aryl methyl sites for hydroxylation is 1. The third-order valence-electron chi connectivity index (χ3n) is 4.23. The molecule has 0 saturated heterocycles. The van der Waals surface area contributed by atoms with Crippen molar-refractivity contribution in [2.75, 3.05) is 0 Å². The van der Waals surface area contributed by atoms with Gasteiger partial charge in [0.05, 0.1) is 0 Å². The Kier molecular flexibility index (Phi) is 2.54. The first-order valence-electron chi connectivity index (χ1n) is 5.99. The fraction of sp³-hybridized carbons (Fsp3) is 0.571. The highest BCUT2D eigenvalue weighted by atomic mass is 127. The molecule has 0 radical (unpaired) electrons. The smallest absolute Gasteiger partial charge is 0.0135 e. The highest BCUT2D eigenvalue weighted by Crippen LogP contribution is 2.52. The van der Waals surface area contributed by atoms with Crippen molar-refractivity contribution >= 4 is 22.6 Å². The van der Waals surface area contributed by atoms with E-state index in [4.69, 9.17) is 0 Å². The van der Waals surface area contributed by atoms with Crippen LogP contribution < -0.4 is 0 Å². The third kappa shape index (κ3) is 1.83. The van der Waals surface area contributed by atoms with Crippen molar-refractivity contribution in [1.82, 2.24) is 0 Å². The van der Waals surface area contributed by atoms with E-state index in [0.717, 1.165) is 17.8 Å². The average Bonchev–Trinajstić information content (AvgIpc) is 2.76. The average molecular weight is 312 g/mol. The zero-order valence-electron chi connectivity index (χ0n) is 9.17. The van der Waals surface area contributed by atoms with Gasteiger partial charge in [0.15, 0.2) is 0 Å². The molecule has 0 N–H and O–H groups in total. The predicted octanol–water partition coefficient (Wildman–Crippen LogP) is 4.50. The van der Waals surface area contributed by atoms with Crippen molar-refractivity contribution in [2.45, 2.75) is 38.5 Å². The molecule has 3 rings (SSSR count). The van der Waals surface area contributed by atoms with E-state index in [2.05, 4.69) is 47.7 Å². The second kappa shape index (κ2) is 3.76. The van der Waals surface area contributed by atoms with Crippen molar-refractivity contribution in [1.29, 1.82) is 0 Å². The van der Waals surface area contributed by atoms with Crippen molar-refractivity contribution in [3.63, 3.8) is 0 Å². The maximum atomic E-state index is 2.45. The fourth-order valence-corrected chi connectivity index (χ4v) is 4.48. The monoisotopic (exact) mass is 312 g/mol. The maximum absolute atomic E-state index is 2.45. The summed E-state index contributed by atoms with van der Waals surface area (Å²) in [6, 6.07) is 7.09. The zero-order chi connectivity index (χ0) is 10.4. The minimum atomic E-state index is 0.886. The van der Waals surface area contributed by atoms with Crippen LogP contribution in [0.3, 0.4) is 0 Å². The molecule has 3 unspecified atom stereocenters. The Morgan fingerprint density at radius 1 is 1.13 bits per heavy atom. The summed E-state index contributed by atoms with van der Waals surface area (Å²) >= 11 is 2.45. The van der Waals surface area contributed by atoms with E-state index in [1.54, 1.807) is 5.56 Å². The van der Waals surface area contributed by atoms with Gasteiger partial charge in [-0.15, -0.1) is 0 Å². The molecule has 2 saturated carbocycles. The summed E-state index contributed by atoms with van der Waals surface area (Å²) in [5, 5.41) is 0. The van der Waals surface area contributed by atoms with Gasteiger partial charge < -0.3 is 0 Å². The van der Waals surface area contributed by atoms with Crippen molar-refractivity contribution in [2.24, 2.45) is 11.8 Å². The van der Waals surface area contributed by atoms with Crippen LogP contribution in [0.2, 0.25) is 0 Å². The molecule has 0 nitrogen and oxygen atoms in total. The van der Waals surface area contributed by atoms with Crippen molar-refractivity contribution in [3.8, 4) is 0 Å². The Morgan fingerprint density at radius 3 is 2.60 bits per heavy atom. The Hall–Kier alpha value is -0.0500. The Balaban J connectivity index is 1.93. The summed E-state index contributed by atoms with van der Waals surface area (Å²) < 4.78 is 1.41. The van der Waals surface area contributed by atoms with Crippen LogP contribution in [0.25, 0.3) is 0 Å². The van der Waals surface area contributed by atoms with Gasteiger partial charge in [-0.05, 0) is 89.8 Å². The molecule has 80 valence electrons. The quantitative estimate of drug-likeness (QED) is 0.670. The van der Waals surface area contributed by atoms with E-state index in [1.807, 2.05) is 0 Å². The molecule has 2 bridgehead atoms. The standard InChI is InChI=1S/C14H17I/c1-9-4-12(8-13(15)5-9)14-7-10-2-3-11(14)6-10/h4-5,8,10-11,14H,2-3,6-7H2,1H3. The number of fused-ring (bicyclic) bond motifs is 2. The van der Waals surface area contributed by atoms with Gasteiger partial charge in [-0.1, -0.05) is 12.5 Å². The van der Waals surface area contributed by atoms with E-state index in [0.29, 0.717) is 0 Å². The Labute approximate surface area is 106 Å². The SMILES string of the molecule is Cc1cc(I)cc(C2CC3CCC2C3)c1. The van der Waals surface area contributed by atoms with Gasteiger partial charge in [-0.2, -0.15) is 0 Å². The molecule has 2 aliphatic carbocycles. The lowest BCUT2D eigenvalue weighted by molar-refractivity contribution is 0.420. The maximum Gasteiger partial charge on any atom is 0.0135 e. The van der Waals surface area contributed by atoms with Crippen LogP contribution in [0, 0.1) is 22.3 Å². The minimum absolute atomic E-state index is 0.886. The number of rotatable bonds is 1. The Morgan fingerprint density at radius 2 is 2.00 bits per heavy atom. The molecular weight excluding hydrogens is 295 g/mol. The topological polar surface area (TPSA) is 0 Å². The summed E-state index contributed by atoms with van der Waals surface area (Å²) in [5.41, 5.74) is 3.05. The van der Waals surface area contributed by atoms with Crippen LogP contribution in [-0.2, 0) is 0 Å². The minimum Gasteiger partial charge on any atom is -0.0557 e. The molecule has 2 aliphatic rings. The number of benzene rings is 1. The largest absolute Gasteiger partial charge is 0.0557 e. The zero-order valence-corrected chi connectivity index (χ0v) is 11.3. The molecule has 0 amide bonds. The van der Waals surface area contributed by atoms with Gasteiger partial charge in [-0.25, -0.2) is 0 Å². The Bertz CT molecular complexity index is 363. The molecular formula is C14H17I. The second-order valence-electron chi connectivity index (χ2n) is 5.34. The molecule has 0 aliphatic heterocycles. The van der Waals surface area contributed by atoms with E-state index >= 15 is 0 Å². The normalized spacial score (nSPS) is 33.6. The van der Waals surface area contributed by atoms with Gasteiger partial charge in [0.25, 0.3) is 0 Å². The number of halogens is 1. The second-order valence-corrected chi connectivity index (χ2v) is 6.59. The summed E-state index contributed by atoms with van der Waals surface area (Å²) in [4.78, 5) is 0. The summed E-state index contributed by atoms with van der Waals surface area (Å²) in [6.07, 6.45) is 5.96. The van der Waals surface area contributed by atoms with E-state index in [1.165, 1.54) is 34.8 Å². The summed E-state index contributed by atoms with van der Waals surface area (Å²) in [5.74, 6) is 2.95. The molecule has 2 fully saturated rings. The van der Waals surface area contributed by atoms with E-state index in [9.17, 15) is 0 Å². The van der Waals surface area contributed by atoms with Crippen molar-refractivity contribution < 1.29 is 0 Å². The van der Waals surface area contributed by atoms with Crippen LogP contribution in [0.4, 0.5) is 0 Å². The highest BCUT2D eigenvalue weighted by Gasteiger charge is 2.40. The van der Waals surface area contributed by atoms with Crippen molar-refractivity contribution in [3.05, 3.63) is 32.9 Å². The fourth-order valence-electron chi connectivity index (χ4n) is 3.63. The molecule has 1 aromatic carbocycles. The van der Waals surface area contributed by atoms with E-state index < -0.39 is 0 Å². The number of hydrogen-bond acceptors (Lipinski definition) is 0. The van der Waals surface area contributed by atoms with Crippen LogP contribution >= 0.6 is 22.6 Å². The first-order valence-corrected chi connectivity index (χ1v) is 7.07. The molecule has 0 aromatic heterocycles. The molecule has 15 heavy (non-hydrogen) atoms. The van der Waals surface area contributed by atoms with Crippen LogP contribution in [0.1, 0.15) is 42.7 Å². The van der Waals surface area contributed by atoms with Gasteiger partial charge in [0, 0.05) is 3.57 Å². The number of hydrogen-bond donors (Lipinski definition) is 0. The predicted molar refractivity (Wildman–Crippen MR) is 72.1 cm³/mol.